The summed E-state index contributed by atoms with van der Waals surface area (Å²) in [6, 6.07) is 11.3. The Morgan fingerprint density at radius 2 is 1.71 bits per heavy atom. The summed E-state index contributed by atoms with van der Waals surface area (Å²) in [7, 11) is -4.02. The van der Waals surface area contributed by atoms with Gasteiger partial charge in [0.05, 0.1) is 16.9 Å². The fourth-order valence-electron chi connectivity index (χ4n) is 3.58. The lowest BCUT2D eigenvalue weighted by atomic mass is 9.86. The van der Waals surface area contributed by atoms with Gasteiger partial charge in [0, 0.05) is 12.1 Å². The molecule has 2 aromatic carbocycles. The van der Waals surface area contributed by atoms with E-state index in [-0.39, 0.29) is 23.4 Å². The number of benzene rings is 2. The van der Waals surface area contributed by atoms with Crippen molar-refractivity contribution in [3.8, 4) is 0 Å². The van der Waals surface area contributed by atoms with Crippen molar-refractivity contribution >= 4 is 16.3 Å². The van der Waals surface area contributed by atoms with Crippen LogP contribution >= 0.6 is 0 Å². The van der Waals surface area contributed by atoms with Crippen LogP contribution in [0.15, 0.2) is 53.4 Å². The molecule has 1 aliphatic heterocycles. The first-order valence-electron chi connectivity index (χ1n) is 8.84. The van der Waals surface area contributed by atoms with Crippen molar-refractivity contribution in [3.05, 3.63) is 65.2 Å². The molecule has 4 nitrogen and oxygen atoms in total. The third-order valence-corrected chi connectivity index (χ3v) is 7.05. The lowest BCUT2D eigenvalue weighted by molar-refractivity contribution is -0.186. The molecule has 1 fully saturated rings. The molecule has 2 atom stereocenters. The van der Waals surface area contributed by atoms with Gasteiger partial charge in [0.25, 0.3) is 0 Å². The van der Waals surface area contributed by atoms with E-state index in [0.717, 1.165) is 9.87 Å². The van der Waals surface area contributed by atoms with Crippen LogP contribution in [-0.2, 0) is 10.0 Å². The van der Waals surface area contributed by atoms with Crippen molar-refractivity contribution in [1.29, 1.82) is 0 Å². The topological polar surface area (TPSA) is 54.5 Å². The smallest absolute Gasteiger partial charge is 0.298 e. The Bertz CT molecular complexity index is 955. The summed E-state index contributed by atoms with van der Waals surface area (Å²) in [6.45, 7) is 1.55. The predicted molar refractivity (Wildman–Crippen MR) is 98.4 cm³/mol. The second-order valence-corrected chi connectivity index (χ2v) is 8.84. The van der Waals surface area contributed by atoms with Crippen molar-refractivity contribution in [2.75, 3.05) is 6.54 Å². The highest BCUT2D eigenvalue weighted by atomic mass is 32.2. The molecule has 0 bridgehead atoms. The molecule has 0 radical (unpaired) electrons. The molecule has 2 aromatic rings. The van der Waals surface area contributed by atoms with Crippen molar-refractivity contribution in [2.24, 2.45) is 5.92 Å². The largest absolute Gasteiger partial charge is 0.391 e. The van der Waals surface area contributed by atoms with Gasteiger partial charge in [-0.3, -0.25) is 4.79 Å². The number of carbonyl (C=O) groups excluding carboxylic acids is 1. The van der Waals surface area contributed by atoms with Gasteiger partial charge in [-0.25, -0.2) is 8.42 Å². The highest BCUT2D eigenvalue weighted by molar-refractivity contribution is 7.89. The molecule has 1 saturated heterocycles. The number of nitrogens with zero attached hydrogens (tertiary/aromatic N) is 1. The van der Waals surface area contributed by atoms with Gasteiger partial charge in [0.15, 0.2) is 0 Å². The van der Waals surface area contributed by atoms with Gasteiger partial charge >= 0.3 is 6.18 Å². The molecule has 1 heterocycles. The average molecular weight is 411 g/mol. The van der Waals surface area contributed by atoms with Crippen LogP contribution in [0.1, 0.15) is 40.4 Å². The van der Waals surface area contributed by atoms with E-state index in [1.165, 1.54) is 24.3 Å². The fraction of sp³-hybridized carbons (Fsp3) is 0.350. The van der Waals surface area contributed by atoms with Crippen molar-refractivity contribution in [2.45, 2.75) is 36.9 Å². The molecular weight excluding hydrogens is 391 g/mol. The maximum atomic E-state index is 13.4. The Morgan fingerprint density at radius 3 is 2.32 bits per heavy atom. The van der Waals surface area contributed by atoms with E-state index in [2.05, 4.69) is 0 Å². The number of hydrogen-bond acceptors (Lipinski definition) is 3. The van der Waals surface area contributed by atoms with E-state index < -0.39 is 34.6 Å². The van der Waals surface area contributed by atoms with Gasteiger partial charge in [-0.05, 0) is 37.5 Å². The quantitative estimate of drug-likeness (QED) is 0.696. The zero-order valence-corrected chi connectivity index (χ0v) is 16.0. The van der Waals surface area contributed by atoms with Gasteiger partial charge in [0.1, 0.15) is 6.29 Å². The molecule has 0 spiro atoms. The lowest BCUT2D eigenvalue weighted by Crippen LogP contribution is -2.44. The number of sulfonamides is 1. The third-order valence-electron chi connectivity index (χ3n) is 5.13. The Balaban J connectivity index is 2.07. The molecule has 0 unspecified atom stereocenters. The van der Waals surface area contributed by atoms with Gasteiger partial charge in [0.2, 0.25) is 10.0 Å². The van der Waals surface area contributed by atoms with Crippen LogP contribution in [0.5, 0.6) is 0 Å². The molecule has 0 aromatic heterocycles. The molecule has 150 valence electrons. The second-order valence-electron chi connectivity index (χ2n) is 6.95. The second kappa shape index (κ2) is 7.67. The maximum Gasteiger partial charge on any atom is 0.391 e. The predicted octanol–water partition coefficient (Wildman–Crippen LogP) is 4.51. The van der Waals surface area contributed by atoms with E-state index in [1.807, 2.05) is 6.92 Å². The normalized spacial score (nSPS) is 21.4. The molecule has 0 aliphatic carbocycles. The van der Waals surface area contributed by atoms with Crippen LogP contribution in [0.3, 0.4) is 0 Å². The lowest BCUT2D eigenvalue weighted by Gasteiger charge is -2.39. The third kappa shape index (κ3) is 3.98. The number of hydrogen-bond donors (Lipinski definition) is 0. The number of aryl methyl sites for hydroxylation is 1. The molecule has 1 aliphatic rings. The Labute approximate surface area is 162 Å². The van der Waals surface area contributed by atoms with Crippen molar-refractivity contribution in [3.63, 3.8) is 0 Å². The first-order chi connectivity index (χ1) is 13.1. The summed E-state index contributed by atoms with van der Waals surface area (Å²) in [6.07, 6.45) is -4.61. The van der Waals surface area contributed by atoms with Gasteiger partial charge in [-0.1, -0.05) is 42.0 Å². The summed E-state index contributed by atoms with van der Waals surface area (Å²) in [5.74, 6) is -1.62. The van der Waals surface area contributed by atoms with Gasteiger partial charge in [-0.2, -0.15) is 17.5 Å². The average Bonchev–Trinajstić information content (AvgIpc) is 2.67. The van der Waals surface area contributed by atoms with Gasteiger partial charge in [-0.15, -0.1) is 0 Å². The van der Waals surface area contributed by atoms with E-state index in [0.29, 0.717) is 11.8 Å². The maximum absolute atomic E-state index is 13.4. The summed E-state index contributed by atoms with van der Waals surface area (Å²) in [4.78, 5) is 11.4. The minimum atomic E-state index is -4.42. The molecule has 0 N–H and O–H groups in total. The van der Waals surface area contributed by atoms with E-state index in [1.54, 1.807) is 24.3 Å². The van der Waals surface area contributed by atoms with E-state index >= 15 is 0 Å². The molecule has 3 rings (SSSR count). The minimum absolute atomic E-state index is 0.0251. The van der Waals surface area contributed by atoms with Crippen molar-refractivity contribution in [1.82, 2.24) is 4.31 Å². The number of halogens is 3. The molecule has 0 saturated carbocycles. The zero-order chi connectivity index (χ0) is 20.5. The highest BCUT2D eigenvalue weighted by Crippen LogP contribution is 2.44. The summed E-state index contributed by atoms with van der Waals surface area (Å²) in [5.41, 5.74) is 1.36. The van der Waals surface area contributed by atoms with Gasteiger partial charge < -0.3 is 0 Å². The number of alkyl halides is 3. The Morgan fingerprint density at radius 1 is 1.07 bits per heavy atom. The fourth-order valence-corrected chi connectivity index (χ4v) is 5.21. The number of aldehydes is 1. The highest BCUT2D eigenvalue weighted by Gasteiger charge is 2.47. The van der Waals surface area contributed by atoms with Crippen LogP contribution in [0, 0.1) is 12.8 Å². The zero-order valence-electron chi connectivity index (χ0n) is 15.2. The van der Waals surface area contributed by atoms with Crippen LogP contribution in [0.4, 0.5) is 13.2 Å². The molecule has 8 heteroatoms. The van der Waals surface area contributed by atoms with Crippen LogP contribution in [0.25, 0.3) is 0 Å². The Kier molecular flexibility index (Phi) is 5.63. The van der Waals surface area contributed by atoms with E-state index in [9.17, 15) is 26.4 Å². The minimum Gasteiger partial charge on any atom is -0.298 e. The number of rotatable bonds is 4. The first-order valence-corrected chi connectivity index (χ1v) is 10.3. The van der Waals surface area contributed by atoms with Crippen molar-refractivity contribution < 1.29 is 26.4 Å². The number of piperidine rings is 1. The molecule has 0 amide bonds. The molecular formula is C20H20F3NO3S. The SMILES string of the molecule is Cc1ccc(S(=O)(=O)N2CC[C@@H](C(F)(F)F)C[C@@H]2c2ccccc2C=O)cc1. The summed E-state index contributed by atoms with van der Waals surface area (Å²) in [5, 5.41) is 0. The van der Waals surface area contributed by atoms with Crippen LogP contribution < -0.4 is 0 Å². The van der Waals surface area contributed by atoms with Crippen LogP contribution in [0.2, 0.25) is 0 Å². The summed E-state index contributed by atoms with van der Waals surface area (Å²) >= 11 is 0. The number of carbonyl (C=O) groups is 1. The summed E-state index contributed by atoms with van der Waals surface area (Å²) < 4.78 is 67.6. The van der Waals surface area contributed by atoms with Crippen LogP contribution in [-0.4, -0.2) is 31.7 Å². The monoisotopic (exact) mass is 411 g/mol. The Hall–Kier alpha value is -2.19. The standard InChI is InChI=1S/C20H20F3NO3S/c1-14-6-8-17(9-7-14)28(26,27)24-11-10-16(20(21,22)23)12-19(24)18-5-3-2-4-15(18)13-25/h2-9,13,16,19H,10-12H2,1H3/t16-,19-/m1/s1. The molecule has 28 heavy (non-hydrogen) atoms. The van der Waals surface area contributed by atoms with E-state index in [4.69, 9.17) is 0 Å². The first kappa shape index (κ1) is 20.5.